The summed E-state index contributed by atoms with van der Waals surface area (Å²) in [5.41, 5.74) is 2.29. The summed E-state index contributed by atoms with van der Waals surface area (Å²) in [5.74, 6) is 0.210. The van der Waals surface area contributed by atoms with E-state index in [-0.39, 0.29) is 12.7 Å². The Balaban J connectivity index is 1.72. The fourth-order valence-corrected chi connectivity index (χ4v) is 3.66. The van der Waals surface area contributed by atoms with Crippen LogP contribution in [0.1, 0.15) is 55.9 Å². The second-order valence-corrected chi connectivity index (χ2v) is 9.76. The van der Waals surface area contributed by atoms with Gasteiger partial charge in [-0.3, -0.25) is 0 Å². The highest BCUT2D eigenvalue weighted by Crippen LogP contribution is 2.26. The lowest BCUT2D eigenvalue weighted by atomic mass is 10.1. The van der Waals surface area contributed by atoms with Crippen LogP contribution in [0.25, 0.3) is 11.3 Å². The van der Waals surface area contributed by atoms with Gasteiger partial charge in [0.05, 0.1) is 24.0 Å². The highest BCUT2D eigenvalue weighted by atomic mass is 79.9. The number of nitrogens with zero attached hydrogens (tertiary/aromatic N) is 2. The topological polar surface area (TPSA) is 84.5 Å². The molecule has 0 spiro atoms. The minimum absolute atomic E-state index is 0.197. The summed E-state index contributed by atoms with van der Waals surface area (Å²) < 4.78 is 11.6. The third-order valence-electron chi connectivity index (χ3n) is 4.82. The number of ether oxygens (including phenoxy) is 2. The van der Waals surface area contributed by atoms with E-state index in [4.69, 9.17) is 9.47 Å². The average molecular weight is 528 g/mol. The van der Waals surface area contributed by atoms with Crippen molar-refractivity contribution in [3.8, 4) is 11.3 Å². The molecule has 1 amide bonds. The van der Waals surface area contributed by atoms with Gasteiger partial charge in [0, 0.05) is 16.6 Å². The maximum absolute atomic E-state index is 12.7. The zero-order valence-electron chi connectivity index (χ0n) is 19.9. The van der Waals surface area contributed by atoms with Crippen molar-refractivity contribution in [3.63, 3.8) is 0 Å². The summed E-state index contributed by atoms with van der Waals surface area (Å²) in [4.78, 5) is 34.6. The van der Waals surface area contributed by atoms with Crippen LogP contribution in [0.4, 0.5) is 4.79 Å². The van der Waals surface area contributed by atoms with E-state index in [0.29, 0.717) is 29.0 Å². The van der Waals surface area contributed by atoms with E-state index in [1.54, 1.807) is 23.2 Å². The lowest BCUT2D eigenvalue weighted by Gasteiger charge is -2.26. The highest BCUT2D eigenvalue weighted by molar-refractivity contribution is 9.10. The van der Waals surface area contributed by atoms with Crippen LogP contribution in [0.2, 0.25) is 0 Å². The maximum atomic E-state index is 12.7. The van der Waals surface area contributed by atoms with Gasteiger partial charge < -0.3 is 19.4 Å². The van der Waals surface area contributed by atoms with Crippen molar-refractivity contribution < 1.29 is 19.1 Å². The number of hydrogen-bond donors (Lipinski definition) is 1. The number of carbonyl (C=O) groups is 2. The third-order valence-corrected chi connectivity index (χ3v) is 5.52. The highest BCUT2D eigenvalue weighted by Gasteiger charge is 2.23. The molecule has 2 aromatic carbocycles. The summed E-state index contributed by atoms with van der Waals surface area (Å²) in [5, 5.41) is 0. The summed E-state index contributed by atoms with van der Waals surface area (Å²) >= 11 is 3.44. The average Bonchev–Trinajstić information content (AvgIpc) is 3.25. The molecule has 1 aromatic heterocycles. The first kappa shape index (κ1) is 25.5. The number of amides is 1. The smallest absolute Gasteiger partial charge is 0.410 e. The van der Waals surface area contributed by atoms with Crippen molar-refractivity contribution in [2.24, 2.45) is 0 Å². The number of esters is 1. The van der Waals surface area contributed by atoms with Crippen molar-refractivity contribution in [1.29, 1.82) is 0 Å². The normalized spacial score (nSPS) is 11.2. The van der Waals surface area contributed by atoms with E-state index in [2.05, 4.69) is 25.9 Å². The molecule has 1 N–H and O–H groups in total. The van der Waals surface area contributed by atoms with Gasteiger partial charge in [0.2, 0.25) is 0 Å². The predicted molar refractivity (Wildman–Crippen MR) is 134 cm³/mol. The Morgan fingerprint density at radius 3 is 2.53 bits per heavy atom. The molecule has 0 saturated carbocycles. The first-order chi connectivity index (χ1) is 16.2. The SMILES string of the molecule is CCCN(Cc1ncc(-c2ccc(Br)c(C(=O)OCc3ccccc3)c2)[nH]1)C(=O)OC(C)(C)C. The zero-order chi connectivity index (χ0) is 24.7. The molecule has 0 unspecified atom stereocenters. The summed E-state index contributed by atoms with van der Waals surface area (Å²) in [6.07, 6.45) is 2.12. The lowest BCUT2D eigenvalue weighted by molar-refractivity contribution is 0.0229. The van der Waals surface area contributed by atoms with Gasteiger partial charge in [-0.1, -0.05) is 43.3 Å². The second-order valence-electron chi connectivity index (χ2n) is 8.90. The lowest BCUT2D eigenvalue weighted by Crippen LogP contribution is -2.37. The number of aromatic amines is 1. The molecule has 0 atom stereocenters. The molecule has 34 heavy (non-hydrogen) atoms. The first-order valence-corrected chi connectivity index (χ1v) is 12.0. The number of carbonyl (C=O) groups excluding carboxylic acids is 2. The van der Waals surface area contributed by atoms with Gasteiger partial charge in [0.25, 0.3) is 0 Å². The van der Waals surface area contributed by atoms with Crippen LogP contribution in [0.15, 0.2) is 59.2 Å². The zero-order valence-corrected chi connectivity index (χ0v) is 21.5. The van der Waals surface area contributed by atoms with E-state index in [0.717, 1.165) is 23.2 Å². The Kier molecular flexibility index (Phi) is 8.50. The van der Waals surface area contributed by atoms with Gasteiger partial charge in [0.15, 0.2) is 0 Å². The van der Waals surface area contributed by atoms with E-state index in [1.807, 2.05) is 64.1 Å². The summed E-state index contributed by atoms with van der Waals surface area (Å²) in [6, 6.07) is 15.0. The molecule has 0 aliphatic heterocycles. The Labute approximate surface area is 208 Å². The Morgan fingerprint density at radius 1 is 1.12 bits per heavy atom. The first-order valence-electron chi connectivity index (χ1n) is 11.2. The second kappa shape index (κ2) is 11.3. The van der Waals surface area contributed by atoms with Crippen molar-refractivity contribution in [1.82, 2.24) is 14.9 Å². The van der Waals surface area contributed by atoms with E-state index >= 15 is 0 Å². The number of aromatic nitrogens is 2. The number of nitrogens with one attached hydrogen (secondary N) is 1. The van der Waals surface area contributed by atoms with Gasteiger partial charge in [-0.2, -0.15) is 0 Å². The fraction of sp³-hybridized carbons (Fsp3) is 0.346. The molecule has 180 valence electrons. The third kappa shape index (κ3) is 7.18. The van der Waals surface area contributed by atoms with Crippen LogP contribution >= 0.6 is 15.9 Å². The number of imidazole rings is 1. The van der Waals surface area contributed by atoms with Crippen LogP contribution in [0.5, 0.6) is 0 Å². The maximum Gasteiger partial charge on any atom is 0.410 e. The molecule has 0 aliphatic rings. The van der Waals surface area contributed by atoms with E-state index in [1.165, 1.54) is 0 Å². The number of benzene rings is 2. The van der Waals surface area contributed by atoms with Crippen molar-refractivity contribution in [3.05, 3.63) is 76.2 Å². The van der Waals surface area contributed by atoms with Gasteiger partial charge in [-0.15, -0.1) is 0 Å². The Hall–Kier alpha value is -3.13. The van der Waals surface area contributed by atoms with Crippen LogP contribution in [-0.4, -0.2) is 39.1 Å². The van der Waals surface area contributed by atoms with Crippen molar-refractivity contribution >= 4 is 28.0 Å². The molecular weight excluding hydrogens is 498 g/mol. The van der Waals surface area contributed by atoms with E-state index in [9.17, 15) is 9.59 Å². The van der Waals surface area contributed by atoms with Gasteiger partial charge in [-0.25, -0.2) is 14.6 Å². The summed E-state index contributed by atoms with van der Waals surface area (Å²) in [7, 11) is 0. The van der Waals surface area contributed by atoms with Gasteiger partial charge in [-0.05, 0) is 60.8 Å². The van der Waals surface area contributed by atoms with Crippen molar-refractivity contribution in [2.45, 2.75) is 52.9 Å². The predicted octanol–water partition coefficient (Wildman–Crippen LogP) is 6.34. The molecule has 1 heterocycles. The molecule has 8 heteroatoms. The van der Waals surface area contributed by atoms with Crippen LogP contribution in [0, 0.1) is 0 Å². The van der Waals surface area contributed by atoms with Crippen LogP contribution in [-0.2, 0) is 22.6 Å². The standard InChI is InChI=1S/C26H30BrN3O4/c1-5-13-30(25(32)34-26(2,3)4)16-23-28-15-22(29-23)19-11-12-21(27)20(14-19)24(31)33-17-18-9-7-6-8-10-18/h6-12,14-15H,5,13,16-17H2,1-4H3,(H,28,29). The van der Waals surface area contributed by atoms with E-state index < -0.39 is 11.6 Å². The molecular formula is C26H30BrN3O4. The monoisotopic (exact) mass is 527 g/mol. The molecule has 3 aromatic rings. The van der Waals surface area contributed by atoms with Gasteiger partial charge in [0.1, 0.15) is 18.0 Å². The fourth-order valence-electron chi connectivity index (χ4n) is 3.25. The number of halogens is 1. The number of H-pyrrole nitrogens is 1. The molecule has 0 bridgehead atoms. The van der Waals surface area contributed by atoms with Crippen LogP contribution in [0.3, 0.4) is 0 Å². The molecule has 0 radical (unpaired) electrons. The Morgan fingerprint density at radius 2 is 1.85 bits per heavy atom. The van der Waals surface area contributed by atoms with Crippen LogP contribution < -0.4 is 0 Å². The molecule has 7 nitrogen and oxygen atoms in total. The summed E-state index contributed by atoms with van der Waals surface area (Å²) in [6.45, 7) is 8.58. The molecule has 0 aliphatic carbocycles. The minimum Gasteiger partial charge on any atom is -0.457 e. The minimum atomic E-state index is -0.569. The quantitative estimate of drug-likeness (QED) is 0.345. The van der Waals surface area contributed by atoms with Gasteiger partial charge >= 0.3 is 12.1 Å². The van der Waals surface area contributed by atoms with Crippen molar-refractivity contribution in [2.75, 3.05) is 6.54 Å². The molecule has 0 saturated heterocycles. The molecule has 0 fully saturated rings. The Bertz CT molecular complexity index is 1120. The number of hydrogen-bond acceptors (Lipinski definition) is 5. The number of rotatable bonds is 8. The largest absolute Gasteiger partial charge is 0.457 e. The molecule has 3 rings (SSSR count).